The standard InChI is InChI=1S/C16H16N2O/c17-16(19)12-5-3-6-13(10-12)18-15-9-8-11-4-1-2-7-14(11)15/h1-7,10,15,18H,8-9H2,(H2,17,19). The maximum atomic E-state index is 11.2. The predicted molar refractivity (Wildman–Crippen MR) is 76.1 cm³/mol. The molecule has 0 spiro atoms. The number of carbonyl (C=O) groups excluding carboxylic acids is 1. The maximum absolute atomic E-state index is 11.2. The summed E-state index contributed by atoms with van der Waals surface area (Å²) in [7, 11) is 0. The van der Waals surface area contributed by atoms with Crippen molar-refractivity contribution >= 4 is 11.6 Å². The quantitative estimate of drug-likeness (QED) is 0.882. The van der Waals surface area contributed by atoms with Crippen LogP contribution in [-0.2, 0) is 6.42 Å². The number of benzene rings is 2. The minimum Gasteiger partial charge on any atom is -0.378 e. The molecule has 0 aliphatic heterocycles. The Kier molecular flexibility index (Phi) is 2.95. The third-order valence-corrected chi connectivity index (χ3v) is 3.62. The molecule has 2 aromatic carbocycles. The number of hydrogen-bond donors (Lipinski definition) is 2. The van der Waals surface area contributed by atoms with Crippen LogP contribution >= 0.6 is 0 Å². The fourth-order valence-electron chi connectivity index (χ4n) is 2.67. The van der Waals surface area contributed by atoms with Crippen molar-refractivity contribution in [1.82, 2.24) is 0 Å². The molecule has 2 aromatic rings. The Bertz CT molecular complexity index is 622. The molecule has 0 fully saturated rings. The van der Waals surface area contributed by atoms with E-state index in [4.69, 9.17) is 5.73 Å². The number of aryl methyl sites for hydroxylation is 1. The molecule has 3 nitrogen and oxygen atoms in total. The molecule has 0 saturated heterocycles. The third-order valence-electron chi connectivity index (χ3n) is 3.62. The van der Waals surface area contributed by atoms with E-state index in [0.29, 0.717) is 11.6 Å². The Morgan fingerprint density at radius 1 is 1.16 bits per heavy atom. The molecule has 0 radical (unpaired) electrons. The number of fused-ring (bicyclic) bond motifs is 1. The van der Waals surface area contributed by atoms with E-state index in [1.54, 1.807) is 6.07 Å². The van der Waals surface area contributed by atoms with Gasteiger partial charge in [0.15, 0.2) is 0 Å². The number of nitrogens with one attached hydrogen (secondary N) is 1. The van der Waals surface area contributed by atoms with Gasteiger partial charge in [-0.05, 0) is 42.2 Å². The van der Waals surface area contributed by atoms with E-state index in [1.807, 2.05) is 18.2 Å². The van der Waals surface area contributed by atoms with E-state index in [9.17, 15) is 4.79 Å². The van der Waals surface area contributed by atoms with Crippen LogP contribution in [0.2, 0.25) is 0 Å². The zero-order valence-electron chi connectivity index (χ0n) is 10.6. The second-order valence-corrected chi connectivity index (χ2v) is 4.88. The predicted octanol–water partition coefficient (Wildman–Crippen LogP) is 2.88. The molecule has 0 heterocycles. The Labute approximate surface area is 112 Å². The van der Waals surface area contributed by atoms with Gasteiger partial charge < -0.3 is 11.1 Å². The molecule has 1 amide bonds. The van der Waals surface area contributed by atoms with E-state index in [2.05, 4.69) is 29.6 Å². The Hall–Kier alpha value is -2.29. The zero-order chi connectivity index (χ0) is 13.2. The van der Waals surface area contributed by atoms with E-state index >= 15 is 0 Å². The number of amides is 1. The summed E-state index contributed by atoms with van der Waals surface area (Å²) in [5, 5.41) is 3.48. The second kappa shape index (κ2) is 4.76. The molecule has 3 rings (SSSR count). The lowest BCUT2D eigenvalue weighted by Gasteiger charge is -2.16. The van der Waals surface area contributed by atoms with Gasteiger partial charge in [0.05, 0.1) is 6.04 Å². The Balaban J connectivity index is 1.83. The largest absolute Gasteiger partial charge is 0.378 e. The molecule has 3 N–H and O–H groups in total. The Morgan fingerprint density at radius 3 is 2.84 bits per heavy atom. The lowest BCUT2D eigenvalue weighted by Crippen LogP contribution is -2.12. The minimum atomic E-state index is -0.393. The number of rotatable bonds is 3. The normalized spacial score (nSPS) is 16.9. The smallest absolute Gasteiger partial charge is 0.248 e. The maximum Gasteiger partial charge on any atom is 0.248 e. The summed E-state index contributed by atoms with van der Waals surface area (Å²) in [6, 6.07) is 16.2. The highest BCUT2D eigenvalue weighted by Crippen LogP contribution is 2.33. The average Bonchev–Trinajstić information content (AvgIpc) is 2.83. The number of nitrogens with two attached hydrogens (primary N) is 1. The molecule has 3 heteroatoms. The first-order valence-electron chi connectivity index (χ1n) is 6.48. The monoisotopic (exact) mass is 252 g/mol. The van der Waals surface area contributed by atoms with Crippen LogP contribution in [0, 0.1) is 0 Å². The van der Waals surface area contributed by atoms with Gasteiger partial charge in [0.2, 0.25) is 5.91 Å². The van der Waals surface area contributed by atoms with Crippen molar-refractivity contribution in [2.24, 2.45) is 5.73 Å². The van der Waals surface area contributed by atoms with Crippen molar-refractivity contribution in [2.45, 2.75) is 18.9 Å². The van der Waals surface area contributed by atoms with E-state index < -0.39 is 5.91 Å². The number of primary amides is 1. The molecule has 1 aliphatic carbocycles. The van der Waals surface area contributed by atoms with Gasteiger partial charge in [-0.2, -0.15) is 0 Å². The molecule has 96 valence electrons. The van der Waals surface area contributed by atoms with E-state index in [-0.39, 0.29) is 0 Å². The van der Waals surface area contributed by atoms with Gasteiger partial charge in [-0.3, -0.25) is 4.79 Å². The van der Waals surface area contributed by atoms with Crippen LogP contribution < -0.4 is 11.1 Å². The van der Waals surface area contributed by atoms with Gasteiger partial charge in [0, 0.05) is 11.3 Å². The van der Waals surface area contributed by atoms with Crippen molar-refractivity contribution in [2.75, 3.05) is 5.32 Å². The van der Waals surface area contributed by atoms with Gasteiger partial charge in [-0.25, -0.2) is 0 Å². The molecular formula is C16H16N2O. The summed E-state index contributed by atoms with van der Waals surface area (Å²) < 4.78 is 0. The van der Waals surface area contributed by atoms with Gasteiger partial charge in [0.25, 0.3) is 0 Å². The summed E-state index contributed by atoms with van der Waals surface area (Å²) in [5.74, 6) is -0.393. The fraction of sp³-hybridized carbons (Fsp3) is 0.188. The summed E-state index contributed by atoms with van der Waals surface area (Å²) in [6.45, 7) is 0. The summed E-state index contributed by atoms with van der Waals surface area (Å²) in [5.41, 5.74) is 9.54. The first-order chi connectivity index (χ1) is 9.24. The second-order valence-electron chi connectivity index (χ2n) is 4.88. The molecule has 19 heavy (non-hydrogen) atoms. The minimum absolute atomic E-state index is 0.319. The van der Waals surface area contributed by atoms with Crippen LogP contribution in [0.25, 0.3) is 0 Å². The van der Waals surface area contributed by atoms with Gasteiger partial charge >= 0.3 is 0 Å². The van der Waals surface area contributed by atoms with Crippen LogP contribution in [0.15, 0.2) is 48.5 Å². The van der Waals surface area contributed by atoms with Crippen LogP contribution in [-0.4, -0.2) is 5.91 Å². The number of hydrogen-bond acceptors (Lipinski definition) is 2. The van der Waals surface area contributed by atoms with E-state index in [1.165, 1.54) is 11.1 Å². The van der Waals surface area contributed by atoms with Crippen molar-refractivity contribution in [3.05, 3.63) is 65.2 Å². The van der Waals surface area contributed by atoms with Crippen molar-refractivity contribution in [3.8, 4) is 0 Å². The highest BCUT2D eigenvalue weighted by molar-refractivity contribution is 5.93. The van der Waals surface area contributed by atoms with Crippen LogP contribution in [0.3, 0.4) is 0 Å². The van der Waals surface area contributed by atoms with E-state index in [0.717, 1.165) is 18.5 Å². The summed E-state index contributed by atoms with van der Waals surface area (Å²) >= 11 is 0. The highest BCUT2D eigenvalue weighted by Gasteiger charge is 2.21. The van der Waals surface area contributed by atoms with Crippen LogP contribution in [0.1, 0.15) is 33.9 Å². The molecule has 1 aliphatic rings. The van der Waals surface area contributed by atoms with Crippen molar-refractivity contribution in [1.29, 1.82) is 0 Å². The highest BCUT2D eigenvalue weighted by atomic mass is 16.1. The van der Waals surface area contributed by atoms with Crippen LogP contribution in [0.4, 0.5) is 5.69 Å². The first-order valence-corrected chi connectivity index (χ1v) is 6.48. The topological polar surface area (TPSA) is 55.1 Å². The average molecular weight is 252 g/mol. The van der Waals surface area contributed by atoms with Crippen molar-refractivity contribution in [3.63, 3.8) is 0 Å². The fourth-order valence-corrected chi connectivity index (χ4v) is 2.67. The number of carbonyl (C=O) groups is 1. The molecule has 0 saturated carbocycles. The van der Waals surface area contributed by atoms with Gasteiger partial charge in [-0.1, -0.05) is 30.3 Å². The molecule has 0 bridgehead atoms. The van der Waals surface area contributed by atoms with Gasteiger partial charge in [-0.15, -0.1) is 0 Å². The SMILES string of the molecule is NC(=O)c1cccc(NC2CCc3ccccc32)c1. The first kappa shape index (κ1) is 11.8. The summed E-state index contributed by atoms with van der Waals surface area (Å²) in [4.78, 5) is 11.2. The zero-order valence-corrected chi connectivity index (χ0v) is 10.6. The molecule has 1 atom stereocenters. The van der Waals surface area contributed by atoms with Crippen molar-refractivity contribution < 1.29 is 4.79 Å². The third kappa shape index (κ3) is 2.32. The lowest BCUT2D eigenvalue weighted by atomic mass is 10.1. The summed E-state index contributed by atoms with van der Waals surface area (Å²) in [6.07, 6.45) is 2.18. The molecule has 1 unspecified atom stereocenters. The number of anilines is 1. The van der Waals surface area contributed by atoms with Crippen LogP contribution in [0.5, 0.6) is 0 Å². The molecule has 0 aromatic heterocycles. The lowest BCUT2D eigenvalue weighted by molar-refractivity contribution is 0.100. The van der Waals surface area contributed by atoms with Gasteiger partial charge in [0.1, 0.15) is 0 Å². The molecular weight excluding hydrogens is 236 g/mol. The Morgan fingerprint density at radius 2 is 2.00 bits per heavy atom.